The van der Waals surface area contributed by atoms with Crippen LogP contribution in [0.1, 0.15) is 45.1 Å². The topological polar surface area (TPSA) is 15.3 Å². The van der Waals surface area contributed by atoms with Gasteiger partial charge in [0.05, 0.1) is 0 Å². The van der Waals surface area contributed by atoms with Crippen molar-refractivity contribution in [2.24, 2.45) is 5.92 Å². The third-order valence-electron chi connectivity index (χ3n) is 4.08. The molecule has 112 valence electrons. The van der Waals surface area contributed by atoms with Gasteiger partial charge in [0.1, 0.15) is 0 Å². The van der Waals surface area contributed by atoms with Gasteiger partial charge in [0, 0.05) is 35.4 Å². The summed E-state index contributed by atoms with van der Waals surface area (Å²) in [5.41, 5.74) is 2.57. The molecule has 1 fully saturated rings. The largest absolute Gasteiger partial charge is 0.368 e. The third kappa shape index (κ3) is 3.67. The molecule has 0 atom stereocenters. The molecule has 1 saturated carbocycles. The van der Waals surface area contributed by atoms with Crippen LogP contribution in [-0.2, 0) is 6.54 Å². The van der Waals surface area contributed by atoms with Crippen LogP contribution in [0, 0.1) is 5.92 Å². The van der Waals surface area contributed by atoms with Gasteiger partial charge in [-0.1, -0.05) is 44.4 Å². The van der Waals surface area contributed by atoms with Crippen LogP contribution >= 0.6 is 11.6 Å². The van der Waals surface area contributed by atoms with Crippen LogP contribution < -0.4 is 10.2 Å². The highest BCUT2D eigenvalue weighted by molar-refractivity contribution is 6.31. The van der Waals surface area contributed by atoms with E-state index in [0.717, 1.165) is 18.1 Å². The summed E-state index contributed by atoms with van der Waals surface area (Å²) in [4.78, 5) is 2.61. The van der Waals surface area contributed by atoms with Crippen molar-refractivity contribution in [1.82, 2.24) is 5.32 Å². The molecule has 2 rings (SSSR count). The fraction of sp³-hybridized carbons (Fsp3) is 0.647. The van der Waals surface area contributed by atoms with Crippen LogP contribution in [0.25, 0.3) is 0 Å². The van der Waals surface area contributed by atoms with Gasteiger partial charge < -0.3 is 10.2 Å². The molecular formula is C17H27ClN2. The van der Waals surface area contributed by atoms with E-state index in [1.807, 2.05) is 13.1 Å². The van der Waals surface area contributed by atoms with Gasteiger partial charge in [0.2, 0.25) is 0 Å². The van der Waals surface area contributed by atoms with E-state index >= 15 is 0 Å². The molecule has 0 heterocycles. The number of hydrogen-bond donors (Lipinski definition) is 1. The minimum absolute atomic E-state index is 0.664. The second-order valence-corrected chi connectivity index (χ2v) is 6.66. The number of benzene rings is 1. The minimum atomic E-state index is 0.664. The average Bonchev–Trinajstić information content (AvgIpc) is 2.92. The fourth-order valence-corrected chi connectivity index (χ4v) is 3.46. The zero-order valence-corrected chi connectivity index (χ0v) is 13.7. The van der Waals surface area contributed by atoms with E-state index in [1.165, 1.54) is 36.9 Å². The first kappa shape index (κ1) is 15.7. The van der Waals surface area contributed by atoms with Crippen LogP contribution in [0.4, 0.5) is 5.69 Å². The van der Waals surface area contributed by atoms with Crippen molar-refractivity contribution in [2.45, 2.75) is 52.1 Å². The lowest BCUT2D eigenvalue weighted by molar-refractivity contribution is 0.534. The second kappa shape index (κ2) is 7.33. The van der Waals surface area contributed by atoms with E-state index in [-0.39, 0.29) is 0 Å². The monoisotopic (exact) mass is 294 g/mol. The van der Waals surface area contributed by atoms with Crippen molar-refractivity contribution in [3.8, 4) is 0 Å². The Kier molecular flexibility index (Phi) is 5.74. The summed E-state index contributed by atoms with van der Waals surface area (Å²) in [7, 11) is 1.98. The molecule has 3 heteroatoms. The van der Waals surface area contributed by atoms with Crippen molar-refractivity contribution < 1.29 is 0 Å². The Morgan fingerprint density at radius 1 is 1.30 bits per heavy atom. The lowest BCUT2D eigenvalue weighted by atomic mass is 10.1. The zero-order valence-electron chi connectivity index (χ0n) is 13.0. The molecule has 0 amide bonds. The van der Waals surface area contributed by atoms with Gasteiger partial charge in [0.15, 0.2) is 0 Å². The second-order valence-electron chi connectivity index (χ2n) is 6.25. The molecule has 0 bridgehead atoms. The molecule has 1 aromatic rings. The summed E-state index contributed by atoms with van der Waals surface area (Å²) in [5, 5.41) is 4.13. The van der Waals surface area contributed by atoms with Crippen molar-refractivity contribution in [2.75, 3.05) is 18.5 Å². The van der Waals surface area contributed by atoms with Crippen molar-refractivity contribution in [1.29, 1.82) is 0 Å². The highest BCUT2D eigenvalue weighted by Crippen LogP contribution is 2.34. The third-order valence-corrected chi connectivity index (χ3v) is 4.44. The molecule has 2 nitrogen and oxygen atoms in total. The SMILES string of the molecule is CNCc1c(Cl)cccc1N(CC(C)C)C1CCCC1. The molecule has 0 spiro atoms. The normalized spacial score (nSPS) is 16.1. The van der Waals surface area contributed by atoms with Gasteiger partial charge in [-0.15, -0.1) is 0 Å². The number of halogens is 1. The standard InChI is InChI=1S/C17H27ClN2/c1-13(2)12-20(14-7-4-5-8-14)17-10-6-9-16(18)15(17)11-19-3/h6,9-10,13-14,19H,4-5,7-8,11-12H2,1-3H3. The maximum absolute atomic E-state index is 6.43. The molecule has 1 aliphatic rings. The Labute approximate surface area is 128 Å². The molecule has 0 aliphatic heterocycles. The predicted molar refractivity (Wildman–Crippen MR) is 88.7 cm³/mol. The molecular weight excluding hydrogens is 268 g/mol. The van der Waals surface area contributed by atoms with Crippen molar-refractivity contribution >= 4 is 17.3 Å². The zero-order chi connectivity index (χ0) is 14.5. The molecule has 1 N–H and O–H groups in total. The van der Waals surface area contributed by atoms with Crippen LogP contribution in [0.15, 0.2) is 18.2 Å². The Balaban J connectivity index is 2.34. The molecule has 0 radical (unpaired) electrons. The van der Waals surface area contributed by atoms with Gasteiger partial charge in [0.25, 0.3) is 0 Å². The van der Waals surface area contributed by atoms with Gasteiger partial charge in [-0.05, 0) is 37.9 Å². The molecule has 1 aliphatic carbocycles. The van der Waals surface area contributed by atoms with Gasteiger partial charge in [-0.3, -0.25) is 0 Å². The maximum atomic E-state index is 6.43. The summed E-state index contributed by atoms with van der Waals surface area (Å²) in [5.74, 6) is 0.664. The number of anilines is 1. The Morgan fingerprint density at radius 3 is 2.60 bits per heavy atom. The summed E-state index contributed by atoms with van der Waals surface area (Å²) in [6, 6.07) is 7.00. The predicted octanol–water partition coefficient (Wildman–Crippen LogP) is 4.46. The first-order valence-electron chi connectivity index (χ1n) is 7.82. The number of rotatable bonds is 6. The van der Waals surface area contributed by atoms with Crippen LogP contribution in [0.2, 0.25) is 5.02 Å². The van der Waals surface area contributed by atoms with E-state index < -0.39 is 0 Å². The summed E-state index contributed by atoms with van der Waals surface area (Å²) < 4.78 is 0. The number of nitrogens with one attached hydrogen (secondary N) is 1. The van der Waals surface area contributed by atoms with Crippen molar-refractivity contribution in [3.05, 3.63) is 28.8 Å². The summed E-state index contributed by atoms with van der Waals surface area (Å²) in [6.45, 7) is 6.53. The van der Waals surface area contributed by atoms with Crippen LogP contribution in [-0.4, -0.2) is 19.6 Å². The van der Waals surface area contributed by atoms with Gasteiger partial charge >= 0.3 is 0 Å². The number of hydrogen-bond acceptors (Lipinski definition) is 2. The Hall–Kier alpha value is -0.730. The molecule has 0 aromatic heterocycles. The molecule has 0 saturated heterocycles. The molecule has 20 heavy (non-hydrogen) atoms. The average molecular weight is 295 g/mol. The Morgan fingerprint density at radius 2 is 2.00 bits per heavy atom. The van der Waals surface area contributed by atoms with E-state index in [0.29, 0.717) is 12.0 Å². The van der Waals surface area contributed by atoms with E-state index in [4.69, 9.17) is 11.6 Å². The van der Waals surface area contributed by atoms with E-state index in [1.54, 1.807) is 0 Å². The minimum Gasteiger partial charge on any atom is -0.368 e. The van der Waals surface area contributed by atoms with Crippen molar-refractivity contribution in [3.63, 3.8) is 0 Å². The summed E-state index contributed by atoms with van der Waals surface area (Å²) in [6.07, 6.45) is 5.36. The first-order valence-corrected chi connectivity index (χ1v) is 8.20. The number of nitrogens with zero attached hydrogens (tertiary/aromatic N) is 1. The smallest absolute Gasteiger partial charge is 0.0471 e. The fourth-order valence-electron chi connectivity index (χ4n) is 3.22. The molecule has 1 aromatic carbocycles. The Bertz CT molecular complexity index is 425. The van der Waals surface area contributed by atoms with Crippen LogP contribution in [0.3, 0.4) is 0 Å². The molecule has 0 unspecified atom stereocenters. The highest BCUT2D eigenvalue weighted by Gasteiger charge is 2.25. The maximum Gasteiger partial charge on any atom is 0.0471 e. The summed E-state index contributed by atoms with van der Waals surface area (Å²) >= 11 is 6.43. The quantitative estimate of drug-likeness (QED) is 0.833. The lowest BCUT2D eigenvalue weighted by Gasteiger charge is -2.34. The van der Waals surface area contributed by atoms with E-state index in [9.17, 15) is 0 Å². The van der Waals surface area contributed by atoms with Gasteiger partial charge in [-0.25, -0.2) is 0 Å². The van der Waals surface area contributed by atoms with Crippen LogP contribution in [0.5, 0.6) is 0 Å². The first-order chi connectivity index (χ1) is 9.63. The highest BCUT2D eigenvalue weighted by atomic mass is 35.5. The van der Waals surface area contributed by atoms with Gasteiger partial charge in [-0.2, -0.15) is 0 Å². The lowest BCUT2D eigenvalue weighted by Crippen LogP contribution is -2.37. The van der Waals surface area contributed by atoms with E-state index in [2.05, 4.69) is 36.2 Å².